The molecule has 2 aliphatic carbocycles. The summed E-state index contributed by atoms with van der Waals surface area (Å²) < 4.78 is 139. The lowest BCUT2D eigenvalue weighted by molar-refractivity contribution is 0.350. The van der Waals surface area contributed by atoms with Gasteiger partial charge in [0.1, 0.15) is 36.3 Å². The molecule has 3 aliphatic rings. The normalized spacial score (nSPS) is 17.1. The monoisotopic (exact) mass is 1120 g/mol. The summed E-state index contributed by atoms with van der Waals surface area (Å²) in [4.78, 5) is 0. The van der Waals surface area contributed by atoms with E-state index in [1.165, 1.54) is 44.6 Å². The van der Waals surface area contributed by atoms with Gasteiger partial charge in [-0.2, -0.15) is 0 Å². The summed E-state index contributed by atoms with van der Waals surface area (Å²) in [5, 5.41) is 0. The van der Waals surface area contributed by atoms with Crippen molar-refractivity contribution in [3.63, 3.8) is 0 Å². The molecular formula is C44H44F4I2N2O8S2. The van der Waals surface area contributed by atoms with Gasteiger partial charge in [-0.3, -0.25) is 9.44 Å². The number of benzene rings is 4. The minimum Gasteiger partial charge on any atom is -0.494 e. The van der Waals surface area contributed by atoms with E-state index in [1.54, 1.807) is 42.5 Å². The number of hydrogen-bond donors (Lipinski definition) is 2. The van der Waals surface area contributed by atoms with E-state index in [4.69, 9.17) is 18.9 Å². The van der Waals surface area contributed by atoms with Gasteiger partial charge in [0.2, 0.25) is 20.0 Å². The zero-order valence-corrected chi connectivity index (χ0v) is 39.7. The van der Waals surface area contributed by atoms with Crippen LogP contribution in [-0.2, 0) is 32.9 Å². The average Bonchev–Trinajstić information content (AvgIpc) is 4.17. The number of anilines is 2. The Bertz CT molecular complexity index is 2640. The second-order valence-corrected chi connectivity index (χ2v) is 21.6. The van der Waals surface area contributed by atoms with E-state index in [-0.39, 0.29) is 89.1 Å². The van der Waals surface area contributed by atoms with Crippen LogP contribution in [0, 0.1) is 30.4 Å². The number of ether oxygens (including phenoxy) is 4. The molecule has 0 radical (unpaired) electrons. The zero-order chi connectivity index (χ0) is 45.0. The van der Waals surface area contributed by atoms with Gasteiger partial charge < -0.3 is 18.9 Å². The third-order valence-electron chi connectivity index (χ3n) is 10.9. The topological polar surface area (TPSA) is 129 Å². The molecule has 2 N–H and O–H groups in total. The molecule has 1 spiro atoms. The van der Waals surface area contributed by atoms with Crippen molar-refractivity contribution in [3.8, 4) is 23.0 Å². The number of sulfonamides is 2. The number of nitrogens with one attached hydrogen (secondary N) is 2. The Morgan fingerprint density at radius 3 is 1.94 bits per heavy atom. The predicted octanol–water partition coefficient (Wildman–Crippen LogP) is 10.4. The van der Waals surface area contributed by atoms with E-state index in [0.717, 1.165) is 0 Å². The third kappa shape index (κ3) is 10.2. The van der Waals surface area contributed by atoms with Crippen LogP contribution in [0.5, 0.6) is 23.0 Å². The highest BCUT2D eigenvalue weighted by atomic mass is 127. The third-order valence-corrected chi connectivity index (χ3v) is 16.6. The molecule has 2 saturated carbocycles. The largest absolute Gasteiger partial charge is 0.494 e. The van der Waals surface area contributed by atoms with Crippen LogP contribution in [0.25, 0.3) is 0 Å². The predicted molar refractivity (Wildman–Crippen MR) is 249 cm³/mol. The molecule has 0 saturated heterocycles. The average molecular weight is 1120 g/mol. The lowest BCUT2D eigenvalue weighted by atomic mass is 10.0. The fourth-order valence-corrected chi connectivity index (χ4v) is 11.2. The smallest absolute Gasteiger partial charge is 0.238 e. The van der Waals surface area contributed by atoms with Crippen molar-refractivity contribution >= 4 is 76.6 Å². The quantitative estimate of drug-likeness (QED) is 0.0726. The summed E-state index contributed by atoms with van der Waals surface area (Å²) in [7, 11) is -5.12. The molecule has 0 amide bonds. The first-order chi connectivity index (χ1) is 29.4. The Kier molecular flexibility index (Phi) is 14.8. The molecule has 4 aromatic carbocycles. The van der Waals surface area contributed by atoms with E-state index in [0.29, 0.717) is 39.2 Å². The van der Waals surface area contributed by atoms with Gasteiger partial charge in [-0.15, -0.1) is 6.58 Å². The highest BCUT2D eigenvalue weighted by Gasteiger charge is 2.55. The minimum absolute atomic E-state index is 0.00664. The van der Waals surface area contributed by atoms with Gasteiger partial charge in [0.25, 0.3) is 0 Å². The zero-order valence-electron chi connectivity index (χ0n) is 33.8. The van der Waals surface area contributed by atoms with Gasteiger partial charge in [-0.25, -0.2) is 34.4 Å². The van der Waals surface area contributed by atoms with Crippen LogP contribution in [0.4, 0.5) is 28.9 Å². The number of methoxy groups -OCH3 is 2. The number of fused-ring (bicyclic) bond motifs is 1. The first-order valence-electron chi connectivity index (χ1n) is 19.3. The van der Waals surface area contributed by atoms with Gasteiger partial charge in [0.15, 0.2) is 23.1 Å². The Balaban J connectivity index is 0.000000207. The van der Waals surface area contributed by atoms with Crippen molar-refractivity contribution in [1.82, 2.24) is 0 Å². The fraction of sp³-hybridized carbons (Fsp3) is 0.318. The molecule has 0 aromatic heterocycles. The van der Waals surface area contributed by atoms with Crippen LogP contribution in [0.1, 0.15) is 60.8 Å². The first kappa shape index (κ1) is 47.5. The Morgan fingerprint density at radius 2 is 1.40 bits per heavy atom. The Hall–Kier alpha value is -4.02. The molecule has 1 aliphatic heterocycles. The van der Waals surface area contributed by atoms with E-state index in [9.17, 15) is 25.6 Å². The van der Waals surface area contributed by atoms with Crippen LogP contribution in [-0.4, -0.2) is 53.8 Å². The molecule has 0 atom stereocenters. The fourth-order valence-electron chi connectivity index (χ4n) is 6.96. The number of hydrogen-bond acceptors (Lipinski definition) is 8. The summed E-state index contributed by atoms with van der Waals surface area (Å²) in [6, 6.07) is 11.8. The van der Waals surface area contributed by atoms with Gasteiger partial charge in [-0.05, 0) is 119 Å². The van der Waals surface area contributed by atoms with Crippen LogP contribution >= 0.6 is 45.2 Å². The van der Waals surface area contributed by atoms with E-state index in [1.807, 2.05) is 45.2 Å². The lowest BCUT2D eigenvalue weighted by Gasteiger charge is -2.23. The van der Waals surface area contributed by atoms with Gasteiger partial charge in [0, 0.05) is 43.2 Å². The molecule has 332 valence electrons. The van der Waals surface area contributed by atoms with Crippen LogP contribution < -0.4 is 28.4 Å². The SMILES string of the molecule is C=CCOc1cc(OC)c(F)c(Cc2ccc(I)cc2F)c1NS(=O)(=O)C1(CC=C)CC1.COc1cc2c(c(Cc3ccc(I)cc3F)c1F)NS(=O)(=O)C1(C/C=C/CO2)CC1. The maximum Gasteiger partial charge on any atom is 0.238 e. The summed E-state index contributed by atoms with van der Waals surface area (Å²) in [5.74, 6) is -2.59. The highest BCUT2D eigenvalue weighted by Crippen LogP contribution is 2.51. The van der Waals surface area contributed by atoms with Gasteiger partial charge >= 0.3 is 0 Å². The lowest BCUT2D eigenvalue weighted by Crippen LogP contribution is -2.30. The molecule has 7 rings (SSSR count). The molecule has 4 aromatic rings. The van der Waals surface area contributed by atoms with Crippen molar-refractivity contribution in [2.75, 3.05) is 36.9 Å². The highest BCUT2D eigenvalue weighted by molar-refractivity contribution is 14.1. The van der Waals surface area contributed by atoms with E-state index in [2.05, 4.69) is 22.6 Å². The summed E-state index contributed by atoms with van der Waals surface area (Å²) in [6.45, 7) is 7.48. The second-order valence-electron chi connectivity index (χ2n) is 15.0. The number of allylic oxidation sites excluding steroid dienone is 2. The first-order valence-corrected chi connectivity index (χ1v) is 24.4. The van der Waals surface area contributed by atoms with Crippen molar-refractivity contribution in [3.05, 3.63) is 139 Å². The summed E-state index contributed by atoms with van der Waals surface area (Å²) in [6.07, 6.45) is 8.83. The van der Waals surface area contributed by atoms with Crippen molar-refractivity contribution in [2.45, 2.75) is 60.9 Å². The Labute approximate surface area is 386 Å². The summed E-state index contributed by atoms with van der Waals surface area (Å²) >= 11 is 3.96. The number of halogens is 6. The van der Waals surface area contributed by atoms with Crippen molar-refractivity contribution < 1.29 is 53.3 Å². The Morgan fingerprint density at radius 1 is 0.823 bits per heavy atom. The van der Waals surface area contributed by atoms with E-state index < -0.39 is 52.8 Å². The molecule has 0 unspecified atom stereocenters. The second kappa shape index (κ2) is 19.4. The molecule has 18 heteroatoms. The van der Waals surface area contributed by atoms with Crippen molar-refractivity contribution in [2.24, 2.45) is 0 Å². The summed E-state index contributed by atoms with van der Waals surface area (Å²) in [5.41, 5.74) is 0.281. The van der Waals surface area contributed by atoms with E-state index >= 15 is 8.78 Å². The standard InChI is InChI=1S/C23H24F2INO4S.C21H20F2INO4S/c1-4-8-23(9-10-23)32(28,29)27-22-17(12-15-6-7-16(26)13-18(15)24)21(25)19(30-3)14-20(22)31-11-5-2;1-28-17-12-18-20(15(19(17)23)10-13-4-5-14(24)11-16(13)22)25-30(26,27)21(7-8-21)6-2-3-9-29-18/h4-7,13-14,27H,1-2,8-12H2,3H3;2-5,11-12,25H,6-10H2,1H3/b;3-2+. The molecule has 62 heavy (non-hydrogen) atoms. The molecule has 1 heterocycles. The molecule has 10 nitrogen and oxygen atoms in total. The van der Waals surface area contributed by atoms with Crippen LogP contribution in [0.3, 0.4) is 0 Å². The van der Waals surface area contributed by atoms with Crippen LogP contribution in [0.2, 0.25) is 0 Å². The maximum absolute atomic E-state index is 15.4. The van der Waals surface area contributed by atoms with Crippen molar-refractivity contribution in [1.29, 1.82) is 0 Å². The van der Waals surface area contributed by atoms with Crippen LogP contribution in [0.15, 0.2) is 86.0 Å². The van der Waals surface area contributed by atoms with Gasteiger partial charge in [0.05, 0.1) is 35.1 Å². The molecular weight excluding hydrogens is 1080 g/mol. The number of rotatable bonds is 14. The van der Waals surface area contributed by atoms with Gasteiger partial charge in [-0.1, -0.05) is 43.0 Å². The minimum atomic E-state index is -3.91. The molecule has 2 fully saturated rings. The molecule has 0 bridgehead atoms. The maximum atomic E-state index is 15.4.